The van der Waals surface area contributed by atoms with Gasteiger partial charge < -0.3 is 4.90 Å². The lowest BCUT2D eigenvalue weighted by molar-refractivity contribution is 0.317. The van der Waals surface area contributed by atoms with E-state index in [1.165, 1.54) is 0 Å². The zero-order valence-corrected chi connectivity index (χ0v) is 6.83. The van der Waals surface area contributed by atoms with Crippen molar-refractivity contribution in [3.63, 3.8) is 0 Å². The molecule has 0 fully saturated rings. The van der Waals surface area contributed by atoms with Crippen LogP contribution in [-0.2, 0) is 0 Å². The maximum absolute atomic E-state index is 4.14. The van der Waals surface area contributed by atoms with E-state index in [2.05, 4.69) is 42.9 Å². The van der Waals surface area contributed by atoms with Crippen LogP contribution in [0.1, 0.15) is 20.8 Å². The molecule has 0 aromatic carbocycles. The van der Waals surface area contributed by atoms with Crippen LogP contribution < -0.4 is 0 Å². The molecule has 1 aliphatic heterocycles. The van der Waals surface area contributed by atoms with E-state index < -0.39 is 0 Å². The Kier molecular flexibility index (Phi) is 1.79. The van der Waals surface area contributed by atoms with E-state index in [1.54, 1.807) is 0 Å². The first-order valence-corrected chi connectivity index (χ1v) is 3.56. The lowest BCUT2D eigenvalue weighted by Gasteiger charge is -2.31. The average Bonchev–Trinajstić information content (AvgIpc) is 1.88. The van der Waals surface area contributed by atoms with Crippen LogP contribution in [0.5, 0.6) is 0 Å². The van der Waals surface area contributed by atoms with Crippen molar-refractivity contribution in [1.29, 1.82) is 0 Å². The molecule has 0 aromatic rings. The first-order chi connectivity index (χ1) is 4.61. The molecule has 56 valence electrons. The quantitative estimate of drug-likeness (QED) is 0.497. The fraction of sp³-hybridized carbons (Fsp3) is 0.625. The van der Waals surface area contributed by atoms with Gasteiger partial charge in [0.25, 0.3) is 0 Å². The Morgan fingerprint density at radius 1 is 1.40 bits per heavy atom. The van der Waals surface area contributed by atoms with E-state index in [0.29, 0.717) is 0 Å². The number of rotatable bonds is 0. The average molecular weight is 138 g/mol. The first-order valence-electron chi connectivity index (χ1n) is 3.56. The Hall–Kier alpha value is -0.790. The third kappa shape index (κ3) is 1.59. The molecule has 1 aliphatic rings. The van der Waals surface area contributed by atoms with Crippen LogP contribution in [0.4, 0.5) is 0 Å². The van der Waals surface area contributed by atoms with Gasteiger partial charge in [0, 0.05) is 11.7 Å². The highest BCUT2D eigenvalue weighted by molar-refractivity contribution is 5.59. The maximum Gasteiger partial charge on any atom is 0.0898 e. The molecule has 10 heavy (non-hydrogen) atoms. The second kappa shape index (κ2) is 2.45. The standard InChI is InChI=1S/C8H14N2/c1-8(2,3)10-6-4-5-9-7-10/h4,6-7H,5H2,1-3H3. The third-order valence-electron chi connectivity index (χ3n) is 1.46. The van der Waals surface area contributed by atoms with Gasteiger partial charge in [-0.1, -0.05) is 0 Å². The molecule has 0 aromatic heterocycles. The summed E-state index contributed by atoms with van der Waals surface area (Å²) in [6.07, 6.45) is 6.03. The molecule has 0 atom stereocenters. The molecular weight excluding hydrogens is 124 g/mol. The smallest absolute Gasteiger partial charge is 0.0898 e. The Balaban J connectivity index is 2.64. The summed E-state index contributed by atoms with van der Waals surface area (Å²) in [5.74, 6) is 0. The lowest BCUT2D eigenvalue weighted by atomic mass is 10.1. The zero-order chi connectivity index (χ0) is 7.61. The van der Waals surface area contributed by atoms with Crippen LogP contribution in [0.3, 0.4) is 0 Å². The van der Waals surface area contributed by atoms with Gasteiger partial charge in [-0.05, 0) is 26.8 Å². The molecular formula is C8H14N2. The molecule has 0 spiro atoms. The molecule has 0 saturated carbocycles. The topological polar surface area (TPSA) is 15.6 Å². The van der Waals surface area contributed by atoms with E-state index in [1.807, 2.05) is 6.34 Å². The molecule has 0 aliphatic carbocycles. The van der Waals surface area contributed by atoms with Gasteiger partial charge in [0.1, 0.15) is 0 Å². The third-order valence-corrected chi connectivity index (χ3v) is 1.46. The molecule has 0 N–H and O–H groups in total. The molecule has 2 heteroatoms. The molecule has 0 unspecified atom stereocenters. The van der Waals surface area contributed by atoms with Crippen molar-refractivity contribution in [1.82, 2.24) is 4.90 Å². The largest absolute Gasteiger partial charge is 0.334 e. The molecule has 0 saturated heterocycles. The first kappa shape index (κ1) is 7.32. The summed E-state index contributed by atoms with van der Waals surface area (Å²) in [5.41, 5.74) is 0.167. The Labute approximate surface area is 62.3 Å². The van der Waals surface area contributed by atoms with Gasteiger partial charge in [0.05, 0.1) is 12.9 Å². The second-order valence-corrected chi connectivity index (χ2v) is 3.44. The summed E-state index contributed by atoms with van der Waals surface area (Å²) in [7, 11) is 0. The van der Waals surface area contributed by atoms with Crippen molar-refractivity contribution < 1.29 is 0 Å². The monoisotopic (exact) mass is 138 g/mol. The summed E-state index contributed by atoms with van der Waals surface area (Å²) in [5, 5.41) is 0. The van der Waals surface area contributed by atoms with Crippen LogP contribution in [0.25, 0.3) is 0 Å². The molecule has 0 amide bonds. The number of nitrogens with zero attached hydrogens (tertiary/aromatic N) is 2. The summed E-state index contributed by atoms with van der Waals surface area (Å²) in [4.78, 5) is 6.25. The lowest BCUT2D eigenvalue weighted by Crippen LogP contribution is -2.37. The maximum atomic E-state index is 4.14. The highest BCUT2D eigenvalue weighted by atomic mass is 15.2. The molecule has 2 nitrogen and oxygen atoms in total. The summed E-state index contributed by atoms with van der Waals surface area (Å²) >= 11 is 0. The van der Waals surface area contributed by atoms with Gasteiger partial charge in [0.2, 0.25) is 0 Å². The van der Waals surface area contributed by atoms with Gasteiger partial charge in [-0.3, -0.25) is 4.99 Å². The highest BCUT2D eigenvalue weighted by Gasteiger charge is 2.16. The Bertz CT molecular complexity index is 151. The van der Waals surface area contributed by atoms with Crippen molar-refractivity contribution in [2.24, 2.45) is 4.99 Å². The van der Waals surface area contributed by atoms with Crippen LogP contribution in [0.2, 0.25) is 0 Å². The van der Waals surface area contributed by atoms with Crippen molar-refractivity contribution in [3.8, 4) is 0 Å². The molecule has 0 bridgehead atoms. The van der Waals surface area contributed by atoms with Gasteiger partial charge in [-0.25, -0.2) is 0 Å². The minimum absolute atomic E-state index is 0.167. The molecule has 0 radical (unpaired) electrons. The van der Waals surface area contributed by atoms with Crippen LogP contribution in [0.15, 0.2) is 17.3 Å². The van der Waals surface area contributed by atoms with Gasteiger partial charge in [0.15, 0.2) is 0 Å². The van der Waals surface area contributed by atoms with E-state index in [-0.39, 0.29) is 5.54 Å². The number of aliphatic imine (C=N–C) groups is 1. The summed E-state index contributed by atoms with van der Waals surface area (Å²) < 4.78 is 0. The van der Waals surface area contributed by atoms with Crippen LogP contribution >= 0.6 is 0 Å². The fourth-order valence-electron chi connectivity index (χ4n) is 0.792. The molecule has 1 rings (SSSR count). The Morgan fingerprint density at radius 3 is 2.40 bits per heavy atom. The minimum atomic E-state index is 0.167. The Morgan fingerprint density at radius 2 is 2.10 bits per heavy atom. The van der Waals surface area contributed by atoms with E-state index in [4.69, 9.17) is 0 Å². The predicted molar refractivity (Wildman–Crippen MR) is 44.1 cm³/mol. The fourth-order valence-corrected chi connectivity index (χ4v) is 0.792. The highest BCUT2D eigenvalue weighted by Crippen LogP contribution is 2.12. The van der Waals surface area contributed by atoms with Gasteiger partial charge >= 0.3 is 0 Å². The van der Waals surface area contributed by atoms with E-state index in [9.17, 15) is 0 Å². The summed E-state index contributed by atoms with van der Waals surface area (Å²) in [6.45, 7) is 7.31. The summed E-state index contributed by atoms with van der Waals surface area (Å²) in [6, 6.07) is 0. The number of hydrogen-bond donors (Lipinski definition) is 0. The van der Waals surface area contributed by atoms with Gasteiger partial charge in [-0.15, -0.1) is 0 Å². The van der Waals surface area contributed by atoms with Crippen LogP contribution in [0, 0.1) is 0 Å². The van der Waals surface area contributed by atoms with Gasteiger partial charge in [-0.2, -0.15) is 0 Å². The van der Waals surface area contributed by atoms with Crippen LogP contribution in [-0.4, -0.2) is 23.3 Å². The van der Waals surface area contributed by atoms with E-state index in [0.717, 1.165) is 6.54 Å². The van der Waals surface area contributed by atoms with Crippen molar-refractivity contribution >= 4 is 6.34 Å². The minimum Gasteiger partial charge on any atom is -0.334 e. The second-order valence-electron chi connectivity index (χ2n) is 3.44. The predicted octanol–water partition coefficient (Wildman–Crippen LogP) is 1.64. The molecule has 1 heterocycles. The van der Waals surface area contributed by atoms with Crippen molar-refractivity contribution in [2.75, 3.05) is 6.54 Å². The zero-order valence-electron chi connectivity index (χ0n) is 6.83. The van der Waals surface area contributed by atoms with Crippen molar-refractivity contribution in [3.05, 3.63) is 12.3 Å². The van der Waals surface area contributed by atoms with Crippen molar-refractivity contribution in [2.45, 2.75) is 26.3 Å². The number of hydrogen-bond acceptors (Lipinski definition) is 2. The SMILES string of the molecule is CC(C)(C)N1C=CCN=C1. The van der Waals surface area contributed by atoms with E-state index >= 15 is 0 Å². The normalized spacial score (nSPS) is 18.1.